The standard InChI is InChI=1S/2C10H9.C2H4.CH3Cl.Zr/c2*1-8-4-2-5-9-6-3-7-10(8)9;2*1-2;/h2*2-7H,1H3;1-2H2;1H3;. The van der Waals surface area contributed by atoms with E-state index in [2.05, 4.69) is 86.2 Å². The zero-order valence-corrected chi connectivity index (χ0v) is 18.4. The summed E-state index contributed by atoms with van der Waals surface area (Å²) < 4.78 is 4.69. The first-order valence-corrected chi connectivity index (χ1v) is 16.2. The van der Waals surface area contributed by atoms with Crippen molar-refractivity contribution < 1.29 is 20.3 Å². The molecule has 2 heteroatoms. The SMILES string of the molecule is CCl.Cc1cccc2c1C=C[CH]2[Zr]1([CH]2C=Cc3c(C)cccc32)[CH2][CH2]1. The first-order chi connectivity index (χ1) is 12.2. The average molecular weight is 428 g/mol. The Morgan fingerprint density at radius 1 is 0.760 bits per heavy atom. The van der Waals surface area contributed by atoms with Gasteiger partial charge in [-0.15, -0.1) is 11.6 Å². The minimum atomic E-state index is -2.19. The van der Waals surface area contributed by atoms with Gasteiger partial charge in [-0.1, -0.05) is 0 Å². The third-order valence-electron chi connectivity index (χ3n) is 6.36. The van der Waals surface area contributed by atoms with Crippen LogP contribution in [0.5, 0.6) is 0 Å². The molecule has 25 heavy (non-hydrogen) atoms. The van der Waals surface area contributed by atoms with Gasteiger partial charge in [0.1, 0.15) is 0 Å². The van der Waals surface area contributed by atoms with Crippen LogP contribution >= 0.6 is 11.6 Å². The number of rotatable bonds is 2. The maximum atomic E-state index is 4.64. The first-order valence-electron chi connectivity index (χ1n) is 9.14. The van der Waals surface area contributed by atoms with Gasteiger partial charge in [-0.2, -0.15) is 0 Å². The molecule has 2 unspecified atom stereocenters. The van der Waals surface area contributed by atoms with E-state index in [9.17, 15) is 0 Å². The van der Waals surface area contributed by atoms with Crippen molar-refractivity contribution in [2.24, 2.45) is 0 Å². The summed E-state index contributed by atoms with van der Waals surface area (Å²) in [7, 11) is 0. The fraction of sp³-hybridized carbons (Fsp3) is 0.304. The predicted octanol–water partition coefficient (Wildman–Crippen LogP) is 7.00. The fourth-order valence-corrected chi connectivity index (χ4v) is 20.5. The second-order valence-electron chi connectivity index (χ2n) is 7.56. The molecule has 0 aromatic heterocycles. The van der Waals surface area contributed by atoms with Crippen LogP contribution < -0.4 is 0 Å². The van der Waals surface area contributed by atoms with Crippen molar-refractivity contribution in [1.82, 2.24) is 0 Å². The van der Waals surface area contributed by atoms with Crippen LogP contribution in [0, 0.1) is 13.8 Å². The number of hydrogen-bond acceptors (Lipinski definition) is 0. The van der Waals surface area contributed by atoms with Gasteiger partial charge in [0.05, 0.1) is 0 Å². The van der Waals surface area contributed by atoms with Crippen LogP contribution in [0.1, 0.15) is 40.6 Å². The van der Waals surface area contributed by atoms with Crippen molar-refractivity contribution in [3.05, 3.63) is 81.9 Å². The Morgan fingerprint density at radius 2 is 1.20 bits per heavy atom. The number of aryl methyl sites for hydroxylation is 2. The summed E-state index contributed by atoms with van der Waals surface area (Å²) in [5.41, 5.74) is 9.22. The number of allylic oxidation sites excluding steroid dienone is 2. The molecule has 0 amide bonds. The molecule has 2 atom stereocenters. The van der Waals surface area contributed by atoms with Crippen molar-refractivity contribution in [3.63, 3.8) is 0 Å². The Kier molecular flexibility index (Phi) is 4.67. The van der Waals surface area contributed by atoms with Crippen LogP contribution in [-0.2, 0) is 20.3 Å². The topological polar surface area (TPSA) is 0 Å². The third kappa shape index (κ3) is 2.66. The molecular weight excluding hydrogens is 403 g/mol. The average Bonchev–Trinajstić information content (AvgIpc) is 3.10. The van der Waals surface area contributed by atoms with Crippen molar-refractivity contribution in [2.45, 2.75) is 29.4 Å². The monoisotopic (exact) mass is 426 g/mol. The summed E-state index contributed by atoms with van der Waals surface area (Å²) in [6, 6.07) is 13.8. The number of benzene rings is 2. The van der Waals surface area contributed by atoms with Gasteiger partial charge >= 0.3 is 144 Å². The van der Waals surface area contributed by atoms with E-state index >= 15 is 0 Å². The Balaban J connectivity index is 0.000000758. The van der Waals surface area contributed by atoms with Crippen LogP contribution in [-0.4, -0.2) is 6.38 Å². The molecule has 5 rings (SSSR count). The van der Waals surface area contributed by atoms with Gasteiger partial charge in [-0.25, -0.2) is 0 Å². The summed E-state index contributed by atoms with van der Waals surface area (Å²) >= 11 is 2.45. The first kappa shape index (κ1) is 17.5. The minimum absolute atomic E-state index is 0.792. The second kappa shape index (κ2) is 6.68. The van der Waals surface area contributed by atoms with Gasteiger partial charge < -0.3 is 0 Å². The van der Waals surface area contributed by atoms with Crippen molar-refractivity contribution >= 4 is 23.8 Å². The Morgan fingerprint density at radius 3 is 1.60 bits per heavy atom. The maximum absolute atomic E-state index is 4.64. The molecule has 0 nitrogen and oxygen atoms in total. The van der Waals surface area contributed by atoms with E-state index in [1.54, 1.807) is 19.4 Å². The van der Waals surface area contributed by atoms with Crippen LogP contribution in [0.2, 0.25) is 8.26 Å². The van der Waals surface area contributed by atoms with Gasteiger partial charge in [-0.05, 0) is 0 Å². The second-order valence-corrected chi connectivity index (χ2v) is 19.1. The molecule has 1 fully saturated rings. The number of alkyl halides is 1. The summed E-state index contributed by atoms with van der Waals surface area (Å²) in [6.07, 6.45) is 11.5. The quantitative estimate of drug-likeness (QED) is 0.452. The molecule has 0 bridgehead atoms. The van der Waals surface area contributed by atoms with Crippen LogP contribution in [0.15, 0.2) is 48.6 Å². The van der Waals surface area contributed by atoms with Gasteiger partial charge in [0, 0.05) is 6.38 Å². The van der Waals surface area contributed by atoms with E-state index in [-0.39, 0.29) is 0 Å². The van der Waals surface area contributed by atoms with Crippen molar-refractivity contribution in [1.29, 1.82) is 0 Å². The molecule has 0 N–H and O–H groups in total. The molecular formula is C23H25ClZr. The summed E-state index contributed by atoms with van der Waals surface area (Å²) in [5.74, 6) is 0. The Labute approximate surface area is 161 Å². The summed E-state index contributed by atoms with van der Waals surface area (Å²) in [6.45, 7) is 4.52. The van der Waals surface area contributed by atoms with Gasteiger partial charge in [0.25, 0.3) is 0 Å². The van der Waals surface area contributed by atoms with Crippen molar-refractivity contribution in [3.8, 4) is 0 Å². The van der Waals surface area contributed by atoms with Gasteiger partial charge in [0.2, 0.25) is 0 Å². The normalized spacial score (nSPS) is 23.7. The van der Waals surface area contributed by atoms with Crippen LogP contribution in [0.25, 0.3) is 12.2 Å². The number of fused-ring (bicyclic) bond motifs is 2. The third-order valence-corrected chi connectivity index (χ3v) is 19.0. The molecule has 0 spiro atoms. The summed E-state index contributed by atoms with van der Waals surface area (Å²) in [4.78, 5) is 0. The zero-order valence-electron chi connectivity index (χ0n) is 15.2. The molecule has 1 aliphatic heterocycles. The molecule has 2 aromatic carbocycles. The van der Waals surface area contributed by atoms with Crippen LogP contribution in [0.3, 0.4) is 0 Å². The van der Waals surface area contributed by atoms with E-state index in [0.717, 1.165) is 7.25 Å². The fourth-order valence-electron chi connectivity index (χ4n) is 4.96. The Hall–Kier alpha value is -0.907. The molecule has 0 saturated carbocycles. The zero-order chi connectivity index (χ0) is 17.6. The molecule has 0 radical (unpaired) electrons. The van der Waals surface area contributed by atoms with E-state index < -0.39 is 20.3 Å². The van der Waals surface area contributed by atoms with E-state index in [0.29, 0.717) is 0 Å². The van der Waals surface area contributed by atoms with Gasteiger partial charge in [-0.3, -0.25) is 0 Å². The molecule has 1 heterocycles. The predicted molar refractivity (Wildman–Crippen MR) is 107 cm³/mol. The molecule has 2 aliphatic carbocycles. The van der Waals surface area contributed by atoms with Gasteiger partial charge in [0.15, 0.2) is 0 Å². The van der Waals surface area contributed by atoms with E-state index in [1.165, 1.54) is 28.6 Å². The summed E-state index contributed by atoms with van der Waals surface area (Å²) in [5, 5.41) is 0. The number of halogens is 1. The van der Waals surface area contributed by atoms with Crippen LogP contribution in [0.4, 0.5) is 0 Å². The molecule has 1 saturated heterocycles. The Bertz CT molecular complexity index is 804. The van der Waals surface area contributed by atoms with Crippen molar-refractivity contribution in [2.75, 3.05) is 6.38 Å². The number of hydrogen-bond donors (Lipinski definition) is 0. The van der Waals surface area contributed by atoms with E-state index in [4.69, 9.17) is 0 Å². The van der Waals surface area contributed by atoms with E-state index in [1.807, 2.05) is 0 Å². The molecule has 2 aromatic rings. The molecule has 3 aliphatic rings. The molecule has 128 valence electrons.